The number of para-hydroxylation sites is 2. The monoisotopic (exact) mass is 822 g/mol. The van der Waals surface area contributed by atoms with Crippen molar-refractivity contribution in [3.05, 3.63) is 207 Å². The Morgan fingerprint density at radius 1 is 0.333 bits per heavy atom. The van der Waals surface area contributed by atoms with Crippen molar-refractivity contribution in [2.45, 2.75) is 0 Å². The van der Waals surface area contributed by atoms with Crippen LogP contribution in [0.15, 0.2) is 207 Å². The molecule has 0 spiro atoms. The summed E-state index contributed by atoms with van der Waals surface area (Å²) in [7, 11) is 0. The van der Waals surface area contributed by atoms with Gasteiger partial charge >= 0.3 is 0 Å². The number of thiophene rings is 1. The van der Waals surface area contributed by atoms with Crippen molar-refractivity contribution in [1.82, 2.24) is 29.1 Å². The number of pyridine rings is 2. The third-order valence-electron chi connectivity index (χ3n) is 12.3. The summed E-state index contributed by atoms with van der Waals surface area (Å²) in [4.78, 5) is 20.3. The van der Waals surface area contributed by atoms with Gasteiger partial charge in [-0.2, -0.15) is 0 Å². The fraction of sp³-hybridized carbons (Fsp3) is 0. The molecule has 0 aliphatic rings. The second-order valence-electron chi connectivity index (χ2n) is 15.9. The lowest BCUT2D eigenvalue weighted by Crippen LogP contribution is -2.04. The number of rotatable bonds is 6. The lowest BCUT2D eigenvalue weighted by Gasteiger charge is -2.12. The lowest BCUT2D eigenvalue weighted by atomic mass is 10.0. The Morgan fingerprint density at radius 2 is 0.937 bits per heavy atom. The predicted molar refractivity (Wildman–Crippen MR) is 261 cm³/mol. The SMILES string of the molecule is c1ccc(-c2cc(-c3ccccc3)nc(-n3c4ccccc4c4ccc(-c5cccc(-c6ccc7c(c6)c6ccccc6n7-c6ccc7sc8ccncc8c7c6)n5)cc43)n2)cc1. The minimum absolute atomic E-state index is 0.619. The lowest BCUT2D eigenvalue weighted by molar-refractivity contribution is 0.995. The van der Waals surface area contributed by atoms with Crippen LogP contribution in [0, 0.1) is 0 Å². The first-order valence-corrected chi connectivity index (χ1v) is 21.8. The summed E-state index contributed by atoms with van der Waals surface area (Å²) in [6, 6.07) is 68.5. The maximum atomic E-state index is 5.34. The number of hydrogen-bond donors (Lipinski definition) is 0. The molecule has 0 bridgehead atoms. The van der Waals surface area contributed by atoms with Crippen molar-refractivity contribution in [2.75, 3.05) is 0 Å². The van der Waals surface area contributed by atoms with E-state index in [9.17, 15) is 0 Å². The molecule has 13 rings (SSSR count). The maximum Gasteiger partial charge on any atom is 0.235 e. The molecular weight excluding hydrogens is 789 g/mol. The van der Waals surface area contributed by atoms with Crippen LogP contribution in [0.5, 0.6) is 0 Å². The Morgan fingerprint density at radius 3 is 1.68 bits per heavy atom. The summed E-state index contributed by atoms with van der Waals surface area (Å²) in [5.41, 5.74) is 13.2. The van der Waals surface area contributed by atoms with Gasteiger partial charge in [-0.15, -0.1) is 11.3 Å². The summed E-state index contributed by atoms with van der Waals surface area (Å²) in [6.45, 7) is 0. The highest BCUT2D eigenvalue weighted by atomic mass is 32.1. The Bertz CT molecular complexity index is 3860. The molecule has 0 atom stereocenters. The normalized spacial score (nSPS) is 11.8. The van der Waals surface area contributed by atoms with Gasteiger partial charge in [0.2, 0.25) is 5.95 Å². The zero-order valence-electron chi connectivity index (χ0n) is 33.7. The van der Waals surface area contributed by atoms with E-state index in [0.717, 1.165) is 78.0 Å². The minimum Gasteiger partial charge on any atom is -0.309 e. The third-order valence-corrected chi connectivity index (χ3v) is 13.4. The Hall–Kier alpha value is -8.26. The number of fused-ring (bicyclic) bond motifs is 9. The van der Waals surface area contributed by atoms with E-state index in [1.54, 1.807) is 0 Å². The van der Waals surface area contributed by atoms with Crippen LogP contribution in [0.2, 0.25) is 0 Å². The maximum absolute atomic E-state index is 5.34. The van der Waals surface area contributed by atoms with E-state index in [0.29, 0.717) is 5.95 Å². The first-order chi connectivity index (χ1) is 31.2. The summed E-state index contributed by atoms with van der Waals surface area (Å²) >= 11 is 1.81. The Labute approximate surface area is 365 Å². The molecule has 0 fully saturated rings. The smallest absolute Gasteiger partial charge is 0.235 e. The summed E-state index contributed by atoms with van der Waals surface area (Å²) in [5.74, 6) is 0.619. The highest BCUT2D eigenvalue weighted by Gasteiger charge is 2.19. The van der Waals surface area contributed by atoms with E-state index in [-0.39, 0.29) is 0 Å². The molecule has 0 aliphatic carbocycles. The molecule has 0 N–H and O–H groups in total. The molecule has 6 nitrogen and oxygen atoms in total. The van der Waals surface area contributed by atoms with Gasteiger partial charge in [0.1, 0.15) is 0 Å². The van der Waals surface area contributed by atoms with E-state index in [1.165, 1.54) is 36.5 Å². The first kappa shape index (κ1) is 35.5. The van der Waals surface area contributed by atoms with E-state index >= 15 is 0 Å². The van der Waals surface area contributed by atoms with Gasteiger partial charge in [0.05, 0.1) is 44.8 Å². The molecule has 6 heterocycles. The number of nitrogens with zero attached hydrogens (tertiary/aromatic N) is 6. The molecular formula is C56H34N6S. The summed E-state index contributed by atoms with van der Waals surface area (Å²) in [5, 5.41) is 7.08. The molecule has 0 radical (unpaired) electrons. The van der Waals surface area contributed by atoms with Crippen molar-refractivity contribution in [3.8, 4) is 56.7 Å². The van der Waals surface area contributed by atoms with Crippen LogP contribution in [0.4, 0.5) is 0 Å². The van der Waals surface area contributed by atoms with Crippen molar-refractivity contribution in [1.29, 1.82) is 0 Å². The van der Waals surface area contributed by atoms with Gasteiger partial charge in [-0.3, -0.25) is 9.55 Å². The quantitative estimate of drug-likeness (QED) is 0.168. The molecule has 0 unspecified atom stereocenters. The summed E-state index contributed by atoms with van der Waals surface area (Å²) in [6.07, 6.45) is 3.85. The Kier molecular flexibility index (Phi) is 7.98. The molecule has 6 aromatic heterocycles. The van der Waals surface area contributed by atoms with Gasteiger partial charge < -0.3 is 4.57 Å². The van der Waals surface area contributed by atoms with Gasteiger partial charge in [-0.1, -0.05) is 121 Å². The van der Waals surface area contributed by atoms with Crippen LogP contribution < -0.4 is 0 Å². The zero-order chi connectivity index (χ0) is 41.4. The molecule has 0 aliphatic heterocycles. The van der Waals surface area contributed by atoms with E-state index in [2.05, 4.69) is 196 Å². The van der Waals surface area contributed by atoms with Crippen LogP contribution in [-0.2, 0) is 0 Å². The van der Waals surface area contributed by atoms with Crippen LogP contribution >= 0.6 is 11.3 Å². The number of hydrogen-bond acceptors (Lipinski definition) is 5. The third kappa shape index (κ3) is 5.78. The van der Waals surface area contributed by atoms with Crippen LogP contribution in [0.25, 0.3) is 120 Å². The Balaban J connectivity index is 0.942. The molecule has 13 aromatic rings. The largest absolute Gasteiger partial charge is 0.309 e. The molecule has 7 heteroatoms. The predicted octanol–water partition coefficient (Wildman–Crippen LogP) is 14.5. The average molecular weight is 823 g/mol. The average Bonchev–Trinajstić information content (AvgIpc) is 4.01. The van der Waals surface area contributed by atoms with Gasteiger partial charge in [0.15, 0.2) is 0 Å². The fourth-order valence-electron chi connectivity index (χ4n) is 9.31. The van der Waals surface area contributed by atoms with Crippen molar-refractivity contribution in [3.63, 3.8) is 0 Å². The minimum atomic E-state index is 0.619. The standard InChI is InChI=1S/C56H34N6S/c1-3-12-35(13-4-1)48-33-49(36-14-5-2-6-15-36)60-56(59-48)62-51-21-10-7-16-40(51)42-25-22-38(31-53(42)62)47-19-11-18-46(58-47)37-23-26-52-43(30-37)41-17-8-9-20-50(41)61(52)39-24-27-54-44(32-39)45-34-57-29-28-55(45)63-54/h1-34H. The van der Waals surface area contributed by atoms with Crippen molar-refractivity contribution >= 4 is 75.1 Å². The number of aromatic nitrogens is 6. The molecule has 294 valence electrons. The van der Waals surface area contributed by atoms with Crippen molar-refractivity contribution < 1.29 is 0 Å². The van der Waals surface area contributed by atoms with Crippen LogP contribution in [-0.4, -0.2) is 29.1 Å². The highest BCUT2D eigenvalue weighted by Crippen LogP contribution is 2.40. The van der Waals surface area contributed by atoms with E-state index < -0.39 is 0 Å². The van der Waals surface area contributed by atoms with Gasteiger partial charge in [0.25, 0.3) is 0 Å². The van der Waals surface area contributed by atoms with Gasteiger partial charge in [-0.05, 0) is 72.8 Å². The van der Waals surface area contributed by atoms with E-state index in [1.807, 2.05) is 35.9 Å². The molecule has 63 heavy (non-hydrogen) atoms. The second kappa shape index (κ2) is 14.2. The van der Waals surface area contributed by atoms with Gasteiger partial charge in [0, 0.05) is 82.1 Å². The highest BCUT2D eigenvalue weighted by molar-refractivity contribution is 7.25. The van der Waals surface area contributed by atoms with Gasteiger partial charge in [-0.25, -0.2) is 15.0 Å². The molecule has 0 saturated carbocycles. The number of benzene rings is 7. The second-order valence-corrected chi connectivity index (χ2v) is 17.0. The molecule has 7 aromatic carbocycles. The molecule has 0 saturated heterocycles. The van der Waals surface area contributed by atoms with Crippen LogP contribution in [0.1, 0.15) is 0 Å². The first-order valence-electron chi connectivity index (χ1n) is 21.0. The zero-order valence-corrected chi connectivity index (χ0v) is 34.5. The van der Waals surface area contributed by atoms with E-state index in [4.69, 9.17) is 15.0 Å². The molecule has 0 amide bonds. The van der Waals surface area contributed by atoms with Crippen LogP contribution in [0.3, 0.4) is 0 Å². The topological polar surface area (TPSA) is 61.4 Å². The fourth-order valence-corrected chi connectivity index (χ4v) is 10.4. The summed E-state index contributed by atoms with van der Waals surface area (Å²) < 4.78 is 7.10. The van der Waals surface area contributed by atoms with Crippen molar-refractivity contribution in [2.24, 2.45) is 0 Å².